The summed E-state index contributed by atoms with van der Waals surface area (Å²) in [6, 6.07) is 30.7. The van der Waals surface area contributed by atoms with Gasteiger partial charge in [-0.25, -0.2) is 4.39 Å². The monoisotopic (exact) mass is 519 g/mol. The quantitative estimate of drug-likeness (QED) is 0.230. The van der Waals surface area contributed by atoms with Crippen molar-refractivity contribution in [1.82, 2.24) is 4.57 Å². The lowest BCUT2D eigenvalue weighted by Crippen LogP contribution is -2.08. The van der Waals surface area contributed by atoms with Crippen LogP contribution in [0.1, 0.15) is 23.2 Å². The van der Waals surface area contributed by atoms with Crippen LogP contribution in [0.15, 0.2) is 104 Å². The Morgan fingerprint density at radius 2 is 1.69 bits per heavy atom. The minimum absolute atomic E-state index is 0.0258. The molecular weight excluding hydrogens is 489 g/mol. The van der Waals surface area contributed by atoms with E-state index in [9.17, 15) is 9.50 Å². The van der Waals surface area contributed by atoms with E-state index in [2.05, 4.69) is 17.2 Å². The Bertz CT molecular complexity index is 1600. The van der Waals surface area contributed by atoms with Crippen molar-refractivity contribution in [2.45, 2.75) is 19.6 Å². The predicted octanol–water partition coefficient (Wildman–Crippen LogP) is 7.56. The number of nitrogens with zero attached hydrogens (tertiary/aromatic N) is 1. The second-order valence-corrected chi connectivity index (χ2v) is 9.90. The van der Waals surface area contributed by atoms with Crippen LogP contribution in [0.5, 0.6) is 5.75 Å². The maximum Gasteiger partial charge on any atom is 0.129 e. The van der Waals surface area contributed by atoms with Gasteiger partial charge in [-0.05, 0) is 65.1 Å². The Hall–Kier alpha value is -4.19. The first-order chi connectivity index (χ1) is 19.1. The van der Waals surface area contributed by atoms with Crippen LogP contribution in [-0.4, -0.2) is 22.9 Å². The van der Waals surface area contributed by atoms with Gasteiger partial charge in [0.2, 0.25) is 0 Å². The first-order valence-electron chi connectivity index (χ1n) is 13.2. The van der Waals surface area contributed by atoms with Crippen LogP contribution in [0.25, 0.3) is 33.3 Å². The van der Waals surface area contributed by atoms with Gasteiger partial charge in [-0.3, -0.25) is 0 Å². The normalized spacial score (nSPS) is 15.1. The fourth-order valence-corrected chi connectivity index (χ4v) is 5.39. The number of fused-ring (bicyclic) bond motifs is 1. The third-order valence-electron chi connectivity index (χ3n) is 7.43. The summed E-state index contributed by atoms with van der Waals surface area (Å²) < 4.78 is 28.4. The Morgan fingerprint density at radius 3 is 2.38 bits per heavy atom. The largest absolute Gasteiger partial charge is 0.488 e. The first-order valence-corrected chi connectivity index (χ1v) is 13.2. The fraction of sp³-hybridized carbons (Fsp3) is 0.176. The average molecular weight is 520 g/mol. The highest BCUT2D eigenvalue weighted by atomic mass is 19.1. The molecule has 4 nitrogen and oxygen atoms in total. The zero-order valence-corrected chi connectivity index (χ0v) is 21.6. The SMILES string of the molecule is C=C(c1c(-c2ccc(CO)cc2)c2c(OCc3ccccc3)cccc2n1-c1ccc(F)cc1)[C@H]1CCOC1. The maximum atomic E-state index is 14.0. The zero-order chi connectivity index (χ0) is 26.8. The molecule has 1 aromatic heterocycles. The van der Waals surface area contributed by atoms with E-state index >= 15 is 0 Å². The molecule has 1 fully saturated rings. The molecule has 39 heavy (non-hydrogen) atoms. The maximum absolute atomic E-state index is 14.0. The standard InChI is InChI=1S/C34H30FNO3/c1-23(27-18-19-38-22-27)34-32(26-12-10-24(20-37)11-13-26)33-30(36(34)29-16-14-28(35)15-17-29)8-5-9-31(33)39-21-25-6-3-2-4-7-25/h2-17,27,37H,1,18-22H2/t27-/m0/s1. The molecule has 1 aliphatic rings. The van der Waals surface area contributed by atoms with Gasteiger partial charge in [0.25, 0.3) is 0 Å². The Kier molecular flexibility index (Phi) is 7.01. The molecule has 0 bridgehead atoms. The van der Waals surface area contributed by atoms with Crippen molar-refractivity contribution < 1.29 is 19.0 Å². The molecule has 1 saturated heterocycles. The number of hydrogen-bond acceptors (Lipinski definition) is 3. The summed E-state index contributed by atoms with van der Waals surface area (Å²) in [5, 5.41) is 10.6. The van der Waals surface area contributed by atoms with Crippen molar-refractivity contribution in [2.24, 2.45) is 5.92 Å². The molecule has 4 aromatic carbocycles. The van der Waals surface area contributed by atoms with Crippen molar-refractivity contribution in [1.29, 1.82) is 0 Å². The number of benzene rings is 4. The first kappa shape index (κ1) is 25.1. The van der Waals surface area contributed by atoms with E-state index < -0.39 is 0 Å². The van der Waals surface area contributed by atoms with Crippen molar-refractivity contribution >= 4 is 16.5 Å². The molecular formula is C34H30FNO3. The van der Waals surface area contributed by atoms with Crippen LogP contribution in [0.3, 0.4) is 0 Å². The summed E-state index contributed by atoms with van der Waals surface area (Å²) in [5.41, 5.74) is 7.63. The Balaban J connectivity index is 1.63. The topological polar surface area (TPSA) is 43.6 Å². The van der Waals surface area contributed by atoms with Crippen molar-refractivity contribution in [3.63, 3.8) is 0 Å². The van der Waals surface area contributed by atoms with Gasteiger partial charge in [-0.15, -0.1) is 0 Å². The third kappa shape index (κ3) is 4.87. The van der Waals surface area contributed by atoms with Gasteiger partial charge in [0, 0.05) is 23.8 Å². The molecule has 196 valence electrons. The number of ether oxygens (including phenoxy) is 2. The third-order valence-corrected chi connectivity index (χ3v) is 7.43. The summed E-state index contributed by atoms with van der Waals surface area (Å²) in [5.74, 6) is 0.638. The van der Waals surface area contributed by atoms with Crippen LogP contribution < -0.4 is 4.74 Å². The van der Waals surface area contributed by atoms with Crippen LogP contribution in [0.2, 0.25) is 0 Å². The molecule has 2 heterocycles. The van der Waals surface area contributed by atoms with E-state index in [1.807, 2.05) is 66.7 Å². The average Bonchev–Trinajstić information content (AvgIpc) is 3.64. The van der Waals surface area contributed by atoms with Crippen LogP contribution in [0.4, 0.5) is 4.39 Å². The second kappa shape index (κ2) is 10.9. The van der Waals surface area contributed by atoms with Gasteiger partial charge in [0.05, 0.1) is 29.8 Å². The lowest BCUT2D eigenvalue weighted by Gasteiger charge is -2.18. The van der Waals surface area contributed by atoms with Gasteiger partial charge >= 0.3 is 0 Å². The smallest absolute Gasteiger partial charge is 0.129 e. The number of aliphatic hydroxyl groups is 1. The molecule has 0 radical (unpaired) electrons. The molecule has 0 saturated carbocycles. The number of aliphatic hydroxyl groups excluding tert-OH is 1. The van der Waals surface area contributed by atoms with Gasteiger partial charge in [-0.2, -0.15) is 0 Å². The molecule has 1 aliphatic heterocycles. The summed E-state index contributed by atoms with van der Waals surface area (Å²) in [6.07, 6.45) is 0.893. The highest BCUT2D eigenvalue weighted by Gasteiger charge is 2.29. The van der Waals surface area contributed by atoms with E-state index in [0.29, 0.717) is 19.8 Å². The summed E-state index contributed by atoms with van der Waals surface area (Å²) in [6.45, 7) is 6.31. The molecule has 1 N–H and O–H groups in total. The number of rotatable bonds is 8. The van der Waals surface area contributed by atoms with Crippen LogP contribution in [0, 0.1) is 11.7 Å². The van der Waals surface area contributed by atoms with Gasteiger partial charge < -0.3 is 19.1 Å². The molecule has 0 aliphatic carbocycles. The molecule has 6 rings (SSSR count). The number of aromatic nitrogens is 1. The minimum Gasteiger partial charge on any atom is -0.488 e. The van der Waals surface area contributed by atoms with E-state index in [-0.39, 0.29) is 18.3 Å². The highest BCUT2D eigenvalue weighted by molar-refractivity contribution is 6.06. The lowest BCUT2D eigenvalue weighted by atomic mass is 9.91. The summed E-state index contributed by atoms with van der Waals surface area (Å²) in [7, 11) is 0. The van der Waals surface area contributed by atoms with E-state index in [1.54, 1.807) is 12.1 Å². The minimum atomic E-state index is -0.286. The lowest BCUT2D eigenvalue weighted by molar-refractivity contribution is 0.192. The molecule has 0 unspecified atom stereocenters. The Labute approximate surface area is 227 Å². The Morgan fingerprint density at radius 1 is 0.923 bits per heavy atom. The molecule has 5 aromatic rings. The van der Waals surface area contributed by atoms with Gasteiger partial charge in [0.1, 0.15) is 18.2 Å². The fourth-order valence-electron chi connectivity index (χ4n) is 5.39. The molecule has 0 spiro atoms. The van der Waals surface area contributed by atoms with E-state index in [1.165, 1.54) is 12.1 Å². The molecule has 1 atom stereocenters. The van der Waals surface area contributed by atoms with Crippen molar-refractivity contribution in [3.05, 3.63) is 126 Å². The second-order valence-electron chi connectivity index (χ2n) is 9.90. The van der Waals surface area contributed by atoms with Gasteiger partial charge in [0.15, 0.2) is 0 Å². The van der Waals surface area contributed by atoms with Crippen LogP contribution in [-0.2, 0) is 18.0 Å². The van der Waals surface area contributed by atoms with Gasteiger partial charge in [-0.1, -0.05) is 67.2 Å². The number of hydrogen-bond donors (Lipinski definition) is 1. The number of halogens is 1. The summed E-state index contributed by atoms with van der Waals surface area (Å²) in [4.78, 5) is 0. The van der Waals surface area contributed by atoms with Crippen LogP contribution >= 0.6 is 0 Å². The highest BCUT2D eigenvalue weighted by Crippen LogP contribution is 2.46. The van der Waals surface area contributed by atoms with Crippen molar-refractivity contribution in [2.75, 3.05) is 13.2 Å². The van der Waals surface area contributed by atoms with Crippen molar-refractivity contribution in [3.8, 4) is 22.6 Å². The van der Waals surface area contributed by atoms with E-state index in [4.69, 9.17) is 9.47 Å². The summed E-state index contributed by atoms with van der Waals surface area (Å²) >= 11 is 0. The molecule has 5 heteroatoms. The predicted molar refractivity (Wildman–Crippen MR) is 153 cm³/mol. The molecule has 0 amide bonds. The zero-order valence-electron chi connectivity index (χ0n) is 21.6. The van der Waals surface area contributed by atoms with E-state index in [0.717, 1.165) is 62.3 Å².